The number of aryl methyl sites for hydroxylation is 2. The molecule has 8 heteroatoms. The molecule has 0 fully saturated rings. The fraction of sp³-hybridized carbons (Fsp3) is 0.250. The van der Waals surface area contributed by atoms with Crippen LogP contribution in [-0.2, 0) is 0 Å². The van der Waals surface area contributed by atoms with Gasteiger partial charge >= 0.3 is 0 Å². The Labute approximate surface area is 172 Å². The number of benzene rings is 2. The van der Waals surface area contributed by atoms with E-state index in [0.29, 0.717) is 22.2 Å². The van der Waals surface area contributed by atoms with Gasteiger partial charge in [0.2, 0.25) is 5.13 Å². The molecule has 0 unspecified atom stereocenters. The monoisotopic (exact) mass is 415 g/mol. The number of hydrogen-bond donors (Lipinski definition) is 1. The third-order valence-corrected chi connectivity index (χ3v) is 6.03. The minimum atomic E-state index is -0.00922. The van der Waals surface area contributed by atoms with E-state index in [-0.39, 0.29) is 11.5 Å². The first-order valence-corrected chi connectivity index (χ1v) is 10.4. The summed E-state index contributed by atoms with van der Waals surface area (Å²) >= 11 is 2.79. The lowest BCUT2D eigenvalue weighted by Gasteiger charge is -2.08. The van der Waals surface area contributed by atoms with Crippen molar-refractivity contribution in [3.63, 3.8) is 0 Å². The minimum Gasteiger partial charge on any atom is -0.493 e. The second-order valence-corrected chi connectivity index (χ2v) is 8.30. The zero-order chi connectivity index (χ0) is 20.1. The summed E-state index contributed by atoms with van der Waals surface area (Å²) in [6.07, 6.45) is 0. The molecule has 146 valence electrons. The van der Waals surface area contributed by atoms with E-state index in [1.807, 2.05) is 19.1 Å². The van der Waals surface area contributed by atoms with Gasteiger partial charge in [-0.05, 0) is 43.7 Å². The minimum absolute atomic E-state index is 0.00922. The Morgan fingerprint density at radius 1 is 1.07 bits per heavy atom. The summed E-state index contributed by atoms with van der Waals surface area (Å²) in [5, 5.41) is 12.3. The highest BCUT2D eigenvalue weighted by molar-refractivity contribution is 8.01. The highest BCUT2D eigenvalue weighted by Gasteiger charge is 2.13. The predicted molar refractivity (Wildman–Crippen MR) is 114 cm³/mol. The van der Waals surface area contributed by atoms with Crippen LogP contribution in [0.25, 0.3) is 0 Å². The summed E-state index contributed by atoms with van der Waals surface area (Å²) in [6.45, 7) is 4.11. The van der Waals surface area contributed by atoms with Gasteiger partial charge in [0.25, 0.3) is 0 Å². The number of aromatic nitrogens is 2. The van der Waals surface area contributed by atoms with Crippen molar-refractivity contribution in [3.8, 4) is 11.5 Å². The van der Waals surface area contributed by atoms with Crippen molar-refractivity contribution in [2.45, 2.75) is 18.2 Å². The van der Waals surface area contributed by atoms with Crippen LogP contribution in [0.4, 0.5) is 10.8 Å². The van der Waals surface area contributed by atoms with Crippen LogP contribution in [0.1, 0.15) is 21.5 Å². The second kappa shape index (κ2) is 9.07. The summed E-state index contributed by atoms with van der Waals surface area (Å²) in [5.41, 5.74) is 3.93. The van der Waals surface area contributed by atoms with Crippen LogP contribution >= 0.6 is 23.1 Å². The number of thioether (sulfide) groups is 1. The first kappa shape index (κ1) is 20.2. The van der Waals surface area contributed by atoms with E-state index in [4.69, 9.17) is 9.47 Å². The van der Waals surface area contributed by atoms with Crippen LogP contribution in [0.15, 0.2) is 40.7 Å². The van der Waals surface area contributed by atoms with E-state index in [1.165, 1.54) is 28.7 Å². The highest BCUT2D eigenvalue weighted by Crippen LogP contribution is 2.31. The number of Topliss-reactive ketones (excluding diaryl/α,β-unsaturated/α-hetero) is 1. The lowest BCUT2D eigenvalue weighted by atomic mass is 10.1. The lowest BCUT2D eigenvalue weighted by molar-refractivity contribution is 0.102. The normalized spacial score (nSPS) is 10.6. The van der Waals surface area contributed by atoms with Gasteiger partial charge in [-0.2, -0.15) is 0 Å². The van der Waals surface area contributed by atoms with Gasteiger partial charge in [0.05, 0.1) is 20.0 Å². The van der Waals surface area contributed by atoms with E-state index in [2.05, 4.69) is 28.5 Å². The standard InChI is InChI=1S/C20H21N3O3S2/c1-12-5-7-15(13(2)9-12)21-19-22-23-20(28-19)27-11-16(24)14-6-8-17(25-3)18(10-14)26-4/h5-10H,11H2,1-4H3,(H,21,22). The Hall–Kier alpha value is -2.58. The van der Waals surface area contributed by atoms with Crippen molar-refractivity contribution in [2.24, 2.45) is 0 Å². The third-order valence-electron chi connectivity index (χ3n) is 4.06. The predicted octanol–water partition coefficient (Wildman–Crippen LogP) is 4.89. The second-order valence-electron chi connectivity index (χ2n) is 6.10. The molecule has 0 aliphatic rings. The molecule has 0 saturated carbocycles. The van der Waals surface area contributed by atoms with Crippen molar-refractivity contribution in [2.75, 3.05) is 25.3 Å². The van der Waals surface area contributed by atoms with Gasteiger partial charge < -0.3 is 14.8 Å². The molecular formula is C20H21N3O3S2. The zero-order valence-electron chi connectivity index (χ0n) is 16.1. The molecule has 6 nitrogen and oxygen atoms in total. The Kier molecular flexibility index (Phi) is 6.53. The summed E-state index contributed by atoms with van der Waals surface area (Å²) in [7, 11) is 3.11. The van der Waals surface area contributed by atoms with Crippen molar-refractivity contribution in [1.82, 2.24) is 10.2 Å². The molecule has 0 bridgehead atoms. The topological polar surface area (TPSA) is 73.3 Å². The maximum Gasteiger partial charge on any atom is 0.210 e. The third kappa shape index (κ3) is 4.82. The number of nitrogens with zero attached hydrogens (tertiary/aromatic N) is 2. The first-order valence-electron chi connectivity index (χ1n) is 8.56. The Morgan fingerprint density at radius 2 is 1.86 bits per heavy atom. The number of hydrogen-bond acceptors (Lipinski definition) is 8. The van der Waals surface area contributed by atoms with Gasteiger partial charge in [-0.15, -0.1) is 10.2 Å². The van der Waals surface area contributed by atoms with Crippen LogP contribution in [0, 0.1) is 13.8 Å². The number of rotatable bonds is 8. The van der Waals surface area contributed by atoms with Gasteiger partial charge in [-0.3, -0.25) is 4.79 Å². The number of carbonyl (C=O) groups is 1. The van der Waals surface area contributed by atoms with Crippen LogP contribution in [-0.4, -0.2) is 36.0 Å². The summed E-state index contributed by atoms with van der Waals surface area (Å²) in [4.78, 5) is 12.5. The molecule has 0 aliphatic carbocycles. The molecule has 2 aromatic carbocycles. The van der Waals surface area contributed by atoms with E-state index < -0.39 is 0 Å². The molecule has 3 rings (SSSR count). The van der Waals surface area contributed by atoms with Crippen molar-refractivity contribution < 1.29 is 14.3 Å². The quantitative estimate of drug-likeness (QED) is 0.415. The number of carbonyl (C=O) groups excluding carboxylic acids is 1. The molecule has 0 aliphatic heterocycles. The molecule has 1 heterocycles. The van der Waals surface area contributed by atoms with Gasteiger partial charge in [-0.1, -0.05) is 40.8 Å². The number of nitrogens with one attached hydrogen (secondary N) is 1. The fourth-order valence-electron chi connectivity index (χ4n) is 2.61. The number of ether oxygens (including phenoxy) is 2. The lowest BCUT2D eigenvalue weighted by Crippen LogP contribution is -2.03. The van der Waals surface area contributed by atoms with Gasteiger partial charge in [0.15, 0.2) is 21.6 Å². The van der Waals surface area contributed by atoms with Gasteiger partial charge in [-0.25, -0.2) is 0 Å². The summed E-state index contributed by atoms with van der Waals surface area (Å²) in [5.74, 6) is 1.39. The maximum atomic E-state index is 12.5. The Morgan fingerprint density at radius 3 is 2.57 bits per heavy atom. The number of anilines is 2. The largest absolute Gasteiger partial charge is 0.493 e. The van der Waals surface area contributed by atoms with Crippen LogP contribution in [0.3, 0.4) is 0 Å². The van der Waals surface area contributed by atoms with Crippen molar-refractivity contribution >= 4 is 39.7 Å². The highest BCUT2D eigenvalue weighted by atomic mass is 32.2. The van der Waals surface area contributed by atoms with E-state index in [0.717, 1.165) is 15.6 Å². The molecular weight excluding hydrogens is 394 g/mol. The molecule has 0 amide bonds. The summed E-state index contributed by atoms with van der Waals surface area (Å²) < 4.78 is 11.2. The van der Waals surface area contributed by atoms with Crippen LogP contribution in [0.2, 0.25) is 0 Å². The van der Waals surface area contributed by atoms with E-state index in [9.17, 15) is 4.79 Å². The molecule has 0 radical (unpaired) electrons. The molecule has 0 atom stereocenters. The maximum absolute atomic E-state index is 12.5. The fourth-order valence-corrected chi connectivity index (χ4v) is 4.27. The van der Waals surface area contributed by atoms with Gasteiger partial charge in [0.1, 0.15) is 0 Å². The SMILES string of the molecule is COc1ccc(C(=O)CSc2nnc(Nc3ccc(C)cc3C)s2)cc1OC. The zero-order valence-corrected chi connectivity index (χ0v) is 17.7. The average Bonchev–Trinajstić information content (AvgIpc) is 3.15. The molecule has 28 heavy (non-hydrogen) atoms. The van der Waals surface area contributed by atoms with Crippen molar-refractivity contribution in [1.29, 1.82) is 0 Å². The van der Waals surface area contributed by atoms with Crippen LogP contribution < -0.4 is 14.8 Å². The Bertz CT molecular complexity index is 989. The van der Waals surface area contributed by atoms with Crippen molar-refractivity contribution in [3.05, 3.63) is 53.1 Å². The van der Waals surface area contributed by atoms with E-state index >= 15 is 0 Å². The number of ketones is 1. The first-order chi connectivity index (χ1) is 13.5. The molecule has 0 saturated heterocycles. The molecule has 0 spiro atoms. The molecule has 1 aromatic heterocycles. The molecule has 1 N–H and O–H groups in total. The smallest absolute Gasteiger partial charge is 0.210 e. The van der Waals surface area contributed by atoms with Crippen LogP contribution in [0.5, 0.6) is 11.5 Å². The summed E-state index contributed by atoms with van der Waals surface area (Å²) in [6, 6.07) is 11.3. The van der Waals surface area contributed by atoms with E-state index in [1.54, 1.807) is 32.4 Å². The molecule has 3 aromatic rings. The Balaban J connectivity index is 1.62. The van der Waals surface area contributed by atoms with Gasteiger partial charge in [0, 0.05) is 11.3 Å². The average molecular weight is 416 g/mol. The number of methoxy groups -OCH3 is 2.